The van der Waals surface area contributed by atoms with E-state index < -0.39 is 30.3 Å². The fourth-order valence-electron chi connectivity index (χ4n) is 1.77. The number of carboxylic acids is 2. The predicted molar refractivity (Wildman–Crippen MR) is 71.3 cm³/mol. The summed E-state index contributed by atoms with van der Waals surface area (Å²) in [6.45, 7) is 1.94. The molecule has 1 atom stereocenters. The summed E-state index contributed by atoms with van der Waals surface area (Å²) in [5, 5.41) is 19.6. The molecule has 0 bridgehead atoms. The number of benzene rings is 1. The Bertz CT molecular complexity index is 512. The maximum atomic E-state index is 11.6. The summed E-state index contributed by atoms with van der Waals surface area (Å²) < 4.78 is 0. The van der Waals surface area contributed by atoms with Gasteiger partial charge in [0, 0.05) is 6.42 Å². The van der Waals surface area contributed by atoms with Gasteiger partial charge in [-0.15, -0.1) is 0 Å². The van der Waals surface area contributed by atoms with Crippen LogP contribution in [0.25, 0.3) is 0 Å². The molecule has 0 saturated heterocycles. The van der Waals surface area contributed by atoms with Crippen LogP contribution in [0.3, 0.4) is 0 Å². The zero-order valence-electron chi connectivity index (χ0n) is 11.1. The molecule has 6 heteroatoms. The van der Waals surface area contributed by atoms with E-state index in [9.17, 15) is 14.4 Å². The zero-order chi connectivity index (χ0) is 15.1. The number of nitrogens with one attached hydrogen (secondary N) is 1. The van der Waals surface area contributed by atoms with E-state index in [-0.39, 0.29) is 6.42 Å². The molecule has 0 fully saturated rings. The second kappa shape index (κ2) is 7.28. The van der Waals surface area contributed by atoms with Crippen LogP contribution in [-0.4, -0.2) is 34.1 Å². The van der Waals surface area contributed by atoms with Crippen LogP contribution in [0.15, 0.2) is 24.3 Å². The van der Waals surface area contributed by atoms with Crippen LogP contribution >= 0.6 is 0 Å². The molecule has 0 aliphatic rings. The first-order valence-electron chi connectivity index (χ1n) is 6.18. The second-order valence-electron chi connectivity index (χ2n) is 4.55. The van der Waals surface area contributed by atoms with Crippen molar-refractivity contribution in [2.45, 2.75) is 32.2 Å². The van der Waals surface area contributed by atoms with E-state index in [0.29, 0.717) is 6.42 Å². The average molecular weight is 279 g/mol. The summed E-state index contributed by atoms with van der Waals surface area (Å²) in [5.74, 6) is -3.09. The van der Waals surface area contributed by atoms with E-state index in [2.05, 4.69) is 5.32 Å². The molecule has 1 amide bonds. The van der Waals surface area contributed by atoms with Crippen LogP contribution in [-0.2, 0) is 20.8 Å². The molecule has 20 heavy (non-hydrogen) atoms. The van der Waals surface area contributed by atoms with Gasteiger partial charge < -0.3 is 15.5 Å². The van der Waals surface area contributed by atoms with Gasteiger partial charge in [0.15, 0.2) is 0 Å². The van der Waals surface area contributed by atoms with Crippen molar-refractivity contribution in [2.75, 3.05) is 0 Å². The Kier molecular flexibility index (Phi) is 5.71. The number of carboxylic acid groups (broad SMARTS) is 2. The lowest BCUT2D eigenvalue weighted by Gasteiger charge is -2.12. The molecular weight excluding hydrogens is 262 g/mol. The van der Waals surface area contributed by atoms with Gasteiger partial charge in [-0.25, -0.2) is 4.79 Å². The van der Waals surface area contributed by atoms with Gasteiger partial charge in [-0.05, 0) is 18.9 Å². The minimum absolute atomic E-state index is 0.118. The summed E-state index contributed by atoms with van der Waals surface area (Å²) >= 11 is 0. The first-order valence-corrected chi connectivity index (χ1v) is 6.18. The minimum Gasteiger partial charge on any atom is -0.481 e. The lowest BCUT2D eigenvalue weighted by molar-refractivity contribution is -0.147. The van der Waals surface area contributed by atoms with Crippen LogP contribution in [0.1, 0.15) is 24.0 Å². The molecule has 1 rings (SSSR count). The van der Waals surface area contributed by atoms with E-state index in [0.717, 1.165) is 11.1 Å². The van der Waals surface area contributed by atoms with Crippen LogP contribution < -0.4 is 5.32 Å². The van der Waals surface area contributed by atoms with E-state index in [4.69, 9.17) is 10.2 Å². The Balaban J connectivity index is 2.49. The molecule has 0 aliphatic carbocycles. The van der Waals surface area contributed by atoms with Gasteiger partial charge in [0.05, 0.1) is 6.42 Å². The monoisotopic (exact) mass is 279 g/mol. The van der Waals surface area contributed by atoms with Crippen LogP contribution in [0, 0.1) is 6.92 Å². The van der Waals surface area contributed by atoms with E-state index in [1.165, 1.54) is 0 Å². The lowest BCUT2D eigenvalue weighted by atomic mass is 10.1. The molecule has 0 heterocycles. The summed E-state index contributed by atoms with van der Waals surface area (Å²) in [5.41, 5.74) is 2.06. The number of aliphatic carboxylic acids is 2. The van der Waals surface area contributed by atoms with Crippen molar-refractivity contribution < 1.29 is 24.6 Å². The van der Waals surface area contributed by atoms with Gasteiger partial charge in [0.25, 0.3) is 0 Å². The maximum Gasteiger partial charge on any atom is 0.326 e. The molecule has 0 aromatic heterocycles. The van der Waals surface area contributed by atoms with Crippen molar-refractivity contribution in [3.63, 3.8) is 0 Å². The third kappa shape index (κ3) is 5.51. The molecule has 108 valence electrons. The standard InChI is InChI=1S/C14H17NO5/c1-9-3-2-4-10(7-9)5-6-12(16)15-11(14(19)20)8-13(17)18/h2-4,7,11H,5-6,8H2,1H3,(H,15,16)(H,17,18)(H,19,20). The number of carbonyl (C=O) groups is 3. The molecule has 0 aliphatic heterocycles. The van der Waals surface area contributed by atoms with Crippen molar-refractivity contribution >= 4 is 17.8 Å². The van der Waals surface area contributed by atoms with E-state index in [1.54, 1.807) is 0 Å². The summed E-state index contributed by atoms with van der Waals surface area (Å²) in [4.78, 5) is 32.9. The molecule has 3 N–H and O–H groups in total. The highest BCUT2D eigenvalue weighted by Crippen LogP contribution is 2.06. The SMILES string of the molecule is Cc1cccc(CCC(=O)NC(CC(=O)O)C(=O)O)c1. The number of hydrogen-bond donors (Lipinski definition) is 3. The highest BCUT2D eigenvalue weighted by Gasteiger charge is 2.22. The van der Waals surface area contributed by atoms with E-state index in [1.807, 2.05) is 31.2 Å². The fourth-order valence-corrected chi connectivity index (χ4v) is 1.77. The maximum absolute atomic E-state index is 11.6. The third-order valence-electron chi connectivity index (χ3n) is 2.74. The minimum atomic E-state index is -1.39. The Morgan fingerprint density at radius 1 is 1.25 bits per heavy atom. The van der Waals surface area contributed by atoms with Crippen LogP contribution in [0.2, 0.25) is 0 Å². The highest BCUT2D eigenvalue weighted by atomic mass is 16.4. The summed E-state index contributed by atoms with van der Waals surface area (Å²) in [7, 11) is 0. The third-order valence-corrected chi connectivity index (χ3v) is 2.74. The lowest BCUT2D eigenvalue weighted by Crippen LogP contribution is -2.42. The zero-order valence-corrected chi connectivity index (χ0v) is 11.1. The van der Waals surface area contributed by atoms with Crippen molar-refractivity contribution in [3.05, 3.63) is 35.4 Å². The largest absolute Gasteiger partial charge is 0.481 e. The molecule has 0 radical (unpaired) electrons. The highest BCUT2D eigenvalue weighted by molar-refractivity contribution is 5.86. The quantitative estimate of drug-likeness (QED) is 0.690. The summed E-state index contributed by atoms with van der Waals surface area (Å²) in [6.07, 6.45) is -0.0364. The van der Waals surface area contributed by atoms with Crippen molar-refractivity contribution in [3.8, 4) is 0 Å². The average Bonchev–Trinajstić information content (AvgIpc) is 2.35. The van der Waals surface area contributed by atoms with Crippen LogP contribution in [0.5, 0.6) is 0 Å². The fraction of sp³-hybridized carbons (Fsp3) is 0.357. The first-order chi connectivity index (χ1) is 9.38. The number of hydrogen-bond acceptors (Lipinski definition) is 3. The normalized spacial score (nSPS) is 11.7. The Hall–Kier alpha value is -2.37. The Morgan fingerprint density at radius 3 is 2.50 bits per heavy atom. The number of amides is 1. The van der Waals surface area contributed by atoms with Gasteiger partial charge in [0.2, 0.25) is 5.91 Å². The van der Waals surface area contributed by atoms with Crippen LogP contribution in [0.4, 0.5) is 0 Å². The number of rotatable bonds is 7. The molecular formula is C14H17NO5. The van der Waals surface area contributed by atoms with Gasteiger partial charge in [-0.1, -0.05) is 29.8 Å². The summed E-state index contributed by atoms with van der Waals surface area (Å²) in [6, 6.07) is 6.26. The van der Waals surface area contributed by atoms with E-state index >= 15 is 0 Å². The Labute approximate surface area is 116 Å². The molecule has 1 aromatic rings. The van der Waals surface area contributed by atoms with Crippen molar-refractivity contribution in [1.82, 2.24) is 5.32 Å². The van der Waals surface area contributed by atoms with Crippen molar-refractivity contribution in [2.24, 2.45) is 0 Å². The smallest absolute Gasteiger partial charge is 0.326 e. The topological polar surface area (TPSA) is 104 Å². The molecule has 0 spiro atoms. The van der Waals surface area contributed by atoms with Gasteiger partial charge in [-0.3, -0.25) is 9.59 Å². The number of aryl methyl sites for hydroxylation is 2. The molecule has 6 nitrogen and oxygen atoms in total. The molecule has 1 unspecified atom stereocenters. The van der Waals surface area contributed by atoms with Gasteiger partial charge in [-0.2, -0.15) is 0 Å². The Morgan fingerprint density at radius 2 is 1.95 bits per heavy atom. The first kappa shape index (κ1) is 15.7. The molecule has 0 saturated carbocycles. The van der Waals surface area contributed by atoms with Gasteiger partial charge >= 0.3 is 11.9 Å². The number of carbonyl (C=O) groups excluding carboxylic acids is 1. The predicted octanol–water partition coefficient (Wildman–Crippen LogP) is 0.972. The molecule has 1 aromatic carbocycles. The second-order valence-corrected chi connectivity index (χ2v) is 4.55. The van der Waals surface area contributed by atoms with Crippen molar-refractivity contribution in [1.29, 1.82) is 0 Å². The van der Waals surface area contributed by atoms with Gasteiger partial charge in [0.1, 0.15) is 6.04 Å².